The van der Waals surface area contributed by atoms with Gasteiger partial charge in [-0.2, -0.15) is 0 Å². The molecule has 23 heavy (non-hydrogen) atoms. The Morgan fingerprint density at radius 1 is 1.39 bits per heavy atom. The molecule has 0 saturated carbocycles. The highest BCUT2D eigenvalue weighted by Gasteiger charge is 2.19. The molecule has 0 aliphatic heterocycles. The summed E-state index contributed by atoms with van der Waals surface area (Å²) in [4.78, 5) is 20.8. The van der Waals surface area contributed by atoms with E-state index in [9.17, 15) is 10.0 Å². The minimum atomic E-state index is -0.471. The van der Waals surface area contributed by atoms with Crippen molar-refractivity contribution >= 4 is 23.3 Å². The molecule has 7 nitrogen and oxygen atoms in total. The number of carbonyl (C=O) groups excluding carboxylic acids is 1. The quantitative estimate of drug-likeness (QED) is 0.158. The summed E-state index contributed by atoms with van der Waals surface area (Å²) in [6.07, 6.45) is 3.32. The summed E-state index contributed by atoms with van der Waals surface area (Å²) in [5, 5.41) is 12.8. The smallest absolute Gasteiger partial charge is 0.217 e. The number of hydrogen-bond acceptors (Lipinski definition) is 8. The lowest BCUT2D eigenvalue weighted by atomic mass is 10.0. The maximum absolute atomic E-state index is 12.6. The molecule has 0 spiro atoms. The predicted octanol–water partition coefficient (Wildman–Crippen LogP) is 2.24. The summed E-state index contributed by atoms with van der Waals surface area (Å²) < 4.78 is 10.1. The van der Waals surface area contributed by atoms with E-state index in [0.717, 1.165) is 0 Å². The van der Waals surface area contributed by atoms with Gasteiger partial charge in [-0.1, -0.05) is 29.1 Å². The lowest BCUT2D eigenvalue weighted by molar-refractivity contribution is 0.0510. The van der Waals surface area contributed by atoms with Crippen LogP contribution in [0.25, 0.3) is 0 Å². The van der Waals surface area contributed by atoms with Gasteiger partial charge >= 0.3 is 0 Å². The van der Waals surface area contributed by atoms with E-state index in [4.69, 9.17) is 9.47 Å². The fourth-order valence-corrected chi connectivity index (χ4v) is 2.13. The summed E-state index contributed by atoms with van der Waals surface area (Å²) in [5.41, 5.74) is 0.405. The number of rotatable bonds is 7. The van der Waals surface area contributed by atoms with Gasteiger partial charge in [-0.05, 0) is 24.5 Å². The van der Waals surface area contributed by atoms with E-state index in [1.807, 2.05) is 6.26 Å². The highest BCUT2D eigenvalue weighted by Crippen LogP contribution is 2.16. The molecule has 0 aliphatic rings. The SMILES string of the molecule is COCOc1cccc(C(=O)C(=NO)c2ccnc(SC)n2)c1. The van der Waals surface area contributed by atoms with E-state index in [1.165, 1.54) is 31.1 Å². The molecule has 8 heteroatoms. The Morgan fingerprint density at radius 3 is 2.91 bits per heavy atom. The molecule has 2 rings (SSSR count). The third-order valence-corrected chi connectivity index (χ3v) is 3.38. The Labute approximate surface area is 137 Å². The summed E-state index contributed by atoms with van der Waals surface area (Å²) >= 11 is 1.33. The second kappa shape index (κ2) is 8.25. The molecular formula is C15H15N3O4S. The van der Waals surface area contributed by atoms with E-state index in [1.54, 1.807) is 24.3 Å². The summed E-state index contributed by atoms with van der Waals surface area (Å²) in [6.45, 7) is 0.0710. The van der Waals surface area contributed by atoms with Gasteiger partial charge in [0.25, 0.3) is 0 Å². The molecule has 0 unspecified atom stereocenters. The Hall–Kier alpha value is -2.45. The largest absolute Gasteiger partial charge is 0.468 e. The topological polar surface area (TPSA) is 93.9 Å². The lowest BCUT2D eigenvalue weighted by Gasteiger charge is -2.07. The molecule has 1 aromatic heterocycles. The fourth-order valence-electron chi connectivity index (χ4n) is 1.77. The number of carbonyl (C=O) groups is 1. The molecule has 0 radical (unpaired) electrons. The predicted molar refractivity (Wildman–Crippen MR) is 85.4 cm³/mol. The van der Waals surface area contributed by atoms with Crippen molar-refractivity contribution < 1.29 is 19.5 Å². The molecule has 0 fully saturated rings. The van der Waals surface area contributed by atoms with Gasteiger partial charge in [0.05, 0.1) is 0 Å². The van der Waals surface area contributed by atoms with Crippen LogP contribution in [0.1, 0.15) is 16.1 Å². The van der Waals surface area contributed by atoms with Gasteiger partial charge in [0.15, 0.2) is 17.7 Å². The van der Waals surface area contributed by atoms with E-state index in [-0.39, 0.29) is 18.2 Å². The standard InChI is InChI=1S/C15H15N3O4S/c1-21-9-22-11-5-3-4-10(8-11)14(19)13(18-20)12-6-7-16-15(17-12)23-2/h3-8,20H,9H2,1-2H3. The third kappa shape index (κ3) is 4.27. The second-order valence-electron chi connectivity index (χ2n) is 4.29. The zero-order chi connectivity index (χ0) is 16.7. The molecule has 0 amide bonds. The average molecular weight is 333 g/mol. The number of oxime groups is 1. The molecule has 0 bridgehead atoms. The third-order valence-electron chi connectivity index (χ3n) is 2.81. The van der Waals surface area contributed by atoms with Gasteiger partial charge in [0, 0.05) is 18.9 Å². The van der Waals surface area contributed by atoms with Crippen molar-refractivity contribution in [1.82, 2.24) is 9.97 Å². The summed E-state index contributed by atoms with van der Waals surface area (Å²) in [6, 6.07) is 8.02. The maximum Gasteiger partial charge on any atom is 0.217 e. The van der Waals surface area contributed by atoms with Crippen LogP contribution < -0.4 is 4.74 Å². The van der Waals surface area contributed by atoms with Crippen LogP contribution in [0.4, 0.5) is 0 Å². The number of thioether (sulfide) groups is 1. The first kappa shape index (κ1) is 16.9. The van der Waals surface area contributed by atoms with Crippen LogP contribution in [0, 0.1) is 0 Å². The number of Topliss-reactive ketones (excluding diaryl/α,β-unsaturated/α-hetero) is 1. The van der Waals surface area contributed by atoms with Gasteiger partial charge in [-0.3, -0.25) is 4.79 Å². The van der Waals surface area contributed by atoms with Crippen LogP contribution in [0.5, 0.6) is 5.75 Å². The van der Waals surface area contributed by atoms with Crippen molar-refractivity contribution in [1.29, 1.82) is 0 Å². The van der Waals surface area contributed by atoms with Gasteiger partial charge < -0.3 is 14.7 Å². The van der Waals surface area contributed by atoms with Crippen molar-refractivity contribution in [2.45, 2.75) is 5.16 Å². The van der Waals surface area contributed by atoms with E-state index in [0.29, 0.717) is 16.5 Å². The molecular weight excluding hydrogens is 318 g/mol. The van der Waals surface area contributed by atoms with E-state index in [2.05, 4.69) is 15.1 Å². The Bertz CT molecular complexity index is 721. The Kier molecular flexibility index (Phi) is 6.07. The molecule has 1 heterocycles. The molecule has 1 N–H and O–H groups in total. The molecule has 0 atom stereocenters. The van der Waals surface area contributed by atoms with Crippen LogP contribution in [-0.4, -0.2) is 46.8 Å². The van der Waals surface area contributed by atoms with Crippen LogP contribution >= 0.6 is 11.8 Å². The number of ether oxygens (including phenoxy) is 2. The van der Waals surface area contributed by atoms with Crippen LogP contribution in [0.3, 0.4) is 0 Å². The highest BCUT2D eigenvalue weighted by molar-refractivity contribution is 7.98. The molecule has 1 aromatic carbocycles. The van der Waals surface area contributed by atoms with E-state index < -0.39 is 5.78 Å². The van der Waals surface area contributed by atoms with Gasteiger partial charge in [-0.15, -0.1) is 0 Å². The van der Waals surface area contributed by atoms with E-state index >= 15 is 0 Å². The number of benzene rings is 1. The molecule has 0 aliphatic carbocycles. The number of hydrogen-bond donors (Lipinski definition) is 1. The first-order valence-corrected chi connectivity index (χ1v) is 7.78. The zero-order valence-corrected chi connectivity index (χ0v) is 13.4. The minimum absolute atomic E-state index is 0.0710. The molecule has 120 valence electrons. The lowest BCUT2D eigenvalue weighted by Crippen LogP contribution is -2.18. The number of aromatic nitrogens is 2. The minimum Gasteiger partial charge on any atom is -0.468 e. The number of methoxy groups -OCH3 is 1. The van der Waals surface area contributed by atoms with Crippen molar-refractivity contribution in [2.24, 2.45) is 5.16 Å². The fraction of sp³-hybridized carbons (Fsp3) is 0.200. The highest BCUT2D eigenvalue weighted by atomic mass is 32.2. The first-order valence-electron chi connectivity index (χ1n) is 6.55. The van der Waals surface area contributed by atoms with Crippen molar-refractivity contribution in [3.05, 3.63) is 47.8 Å². The van der Waals surface area contributed by atoms with Crippen molar-refractivity contribution in [3.63, 3.8) is 0 Å². The van der Waals surface area contributed by atoms with Gasteiger partial charge in [-0.25, -0.2) is 9.97 Å². The Balaban J connectivity index is 2.29. The molecule has 0 saturated heterocycles. The van der Waals surface area contributed by atoms with Crippen LogP contribution in [0.2, 0.25) is 0 Å². The van der Waals surface area contributed by atoms with Crippen molar-refractivity contribution in [2.75, 3.05) is 20.2 Å². The van der Waals surface area contributed by atoms with Crippen LogP contribution in [-0.2, 0) is 4.74 Å². The normalized spacial score (nSPS) is 11.3. The zero-order valence-electron chi connectivity index (χ0n) is 12.6. The molecule has 2 aromatic rings. The summed E-state index contributed by atoms with van der Waals surface area (Å²) in [7, 11) is 1.50. The van der Waals surface area contributed by atoms with Gasteiger partial charge in [0.1, 0.15) is 11.4 Å². The Morgan fingerprint density at radius 2 is 2.22 bits per heavy atom. The second-order valence-corrected chi connectivity index (χ2v) is 5.06. The van der Waals surface area contributed by atoms with Crippen molar-refractivity contribution in [3.8, 4) is 5.75 Å². The number of ketones is 1. The average Bonchev–Trinajstić information content (AvgIpc) is 2.61. The van der Waals surface area contributed by atoms with Gasteiger partial charge in [0.2, 0.25) is 5.78 Å². The number of nitrogens with zero attached hydrogens (tertiary/aromatic N) is 3. The summed E-state index contributed by atoms with van der Waals surface area (Å²) in [5.74, 6) is 0.00333. The first-order chi connectivity index (χ1) is 11.2. The van der Waals surface area contributed by atoms with Crippen LogP contribution in [0.15, 0.2) is 46.8 Å². The monoisotopic (exact) mass is 333 g/mol. The maximum atomic E-state index is 12.6.